The minimum atomic E-state index is -4.30. The van der Waals surface area contributed by atoms with E-state index in [1.165, 1.54) is 12.0 Å². The second-order valence-corrected chi connectivity index (χ2v) is 7.24. The normalized spacial score (nSPS) is 18.5. The quantitative estimate of drug-likeness (QED) is 0.290. The van der Waals surface area contributed by atoms with Gasteiger partial charge in [-0.05, 0) is 34.9 Å². The first kappa shape index (κ1) is 24.5. The van der Waals surface area contributed by atoms with Gasteiger partial charge in [-0.15, -0.1) is 24.0 Å². The van der Waals surface area contributed by atoms with Crippen LogP contribution in [0.15, 0.2) is 59.6 Å². The smallest absolute Gasteiger partial charge is 0.367 e. The number of guanidine groups is 1. The van der Waals surface area contributed by atoms with Gasteiger partial charge in [0.2, 0.25) is 0 Å². The molecule has 0 aliphatic heterocycles. The lowest BCUT2D eigenvalue weighted by atomic mass is 10.1. The highest BCUT2D eigenvalue weighted by Gasteiger charge is 2.37. The molecule has 30 heavy (non-hydrogen) atoms. The number of aliphatic imine (C=N–C) groups is 1. The van der Waals surface area contributed by atoms with Crippen LogP contribution in [0.5, 0.6) is 0 Å². The van der Waals surface area contributed by atoms with E-state index in [0.717, 1.165) is 18.1 Å². The fourth-order valence-corrected chi connectivity index (χ4v) is 3.25. The Balaban J connectivity index is 0.00000320. The van der Waals surface area contributed by atoms with Crippen LogP contribution in [0.1, 0.15) is 29.0 Å². The summed E-state index contributed by atoms with van der Waals surface area (Å²) in [6, 6.07) is 17.8. The fraction of sp³-hybridized carbons (Fsp3) is 0.409. The third kappa shape index (κ3) is 8.14. The van der Waals surface area contributed by atoms with Gasteiger partial charge < -0.3 is 15.4 Å². The van der Waals surface area contributed by atoms with E-state index in [1.54, 1.807) is 19.2 Å². The van der Waals surface area contributed by atoms with Crippen molar-refractivity contribution in [3.05, 3.63) is 71.3 Å². The zero-order valence-corrected chi connectivity index (χ0v) is 19.1. The molecule has 0 heterocycles. The molecule has 0 bridgehead atoms. The molecule has 0 saturated heterocycles. The molecule has 8 heteroatoms. The van der Waals surface area contributed by atoms with Crippen molar-refractivity contribution in [3.8, 4) is 0 Å². The molecule has 1 aliphatic carbocycles. The highest BCUT2D eigenvalue weighted by molar-refractivity contribution is 14.0. The number of nitrogens with zero attached hydrogens (tertiary/aromatic N) is 1. The van der Waals surface area contributed by atoms with Crippen LogP contribution in [-0.2, 0) is 17.9 Å². The van der Waals surface area contributed by atoms with E-state index in [0.29, 0.717) is 23.9 Å². The summed E-state index contributed by atoms with van der Waals surface area (Å²) in [6.07, 6.45) is -3.11. The summed E-state index contributed by atoms with van der Waals surface area (Å²) in [4.78, 5) is 4.25. The SMILES string of the molecule is CN=C(NCc1ccc(COCC(F)(F)F)cc1)NCC1CC1c1ccccc1.I. The van der Waals surface area contributed by atoms with Crippen LogP contribution in [-0.4, -0.2) is 32.3 Å². The number of rotatable bonds is 8. The molecule has 4 nitrogen and oxygen atoms in total. The Morgan fingerprint density at radius 1 is 1.03 bits per heavy atom. The number of halogens is 4. The predicted octanol–water partition coefficient (Wildman–Crippen LogP) is 4.85. The van der Waals surface area contributed by atoms with Crippen LogP contribution < -0.4 is 10.6 Å². The minimum Gasteiger partial charge on any atom is -0.367 e. The number of hydrogen-bond donors (Lipinski definition) is 2. The van der Waals surface area contributed by atoms with E-state index >= 15 is 0 Å². The first-order valence-corrected chi connectivity index (χ1v) is 9.66. The van der Waals surface area contributed by atoms with Gasteiger partial charge in [0.1, 0.15) is 6.61 Å². The van der Waals surface area contributed by atoms with Crippen LogP contribution in [0, 0.1) is 5.92 Å². The van der Waals surface area contributed by atoms with Crippen LogP contribution in [0.2, 0.25) is 0 Å². The second-order valence-electron chi connectivity index (χ2n) is 7.24. The van der Waals surface area contributed by atoms with Crippen LogP contribution in [0.3, 0.4) is 0 Å². The maximum Gasteiger partial charge on any atom is 0.411 e. The molecule has 1 aliphatic rings. The number of benzene rings is 2. The van der Waals surface area contributed by atoms with Crippen LogP contribution in [0.25, 0.3) is 0 Å². The van der Waals surface area contributed by atoms with Gasteiger partial charge in [0.15, 0.2) is 5.96 Å². The largest absolute Gasteiger partial charge is 0.411 e. The Bertz CT molecular complexity index is 798. The number of alkyl halides is 3. The van der Waals surface area contributed by atoms with Gasteiger partial charge in [0.25, 0.3) is 0 Å². The van der Waals surface area contributed by atoms with Crippen molar-refractivity contribution in [1.29, 1.82) is 0 Å². The molecule has 2 N–H and O–H groups in total. The Labute approximate surface area is 192 Å². The zero-order chi connectivity index (χ0) is 20.7. The molecular formula is C22H27F3IN3O. The van der Waals surface area contributed by atoms with Crippen molar-refractivity contribution in [2.45, 2.75) is 31.7 Å². The summed E-state index contributed by atoms with van der Waals surface area (Å²) in [6.45, 7) is 0.162. The summed E-state index contributed by atoms with van der Waals surface area (Å²) < 4.78 is 41.0. The van der Waals surface area contributed by atoms with E-state index in [4.69, 9.17) is 0 Å². The second kappa shape index (κ2) is 11.5. The molecule has 1 saturated carbocycles. The van der Waals surface area contributed by atoms with Crippen molar-refractivity contribution in [2.24, 2.45) is 10.9 Å². The number of ether oxygens (including phenoxy) is 1. The zero-order valence-electron chi connectivity index (χ0n) is 16.8. The lowest BCUT2D eigenvalue weighted by Crippen LogP contribution is -2.38. The molecule has 2 aromatic carbocycles. The predicted molar refractivity (Wildman–Crippen MR) is 123 cm³/mol. The van der Waals surface area contributed by atoms with Gasteiger partial charge in [0.05, 0.1) is 6.61 Å². The van der Waals surface area contributed by atoms with Gasteiger partial charge in [-0.3, -0.25) is 4.99 Å². The molecule has 1 fully saturated rings. The van der Waals surface area contributed by atoms with Crippen LogP contribution in [0.4, 0.5) is 13.2 Å². The summed E-state index contributed by atoms with van der Waals surface area (Å²) in [5, 5.41) is 6.63. The van der Waals surface area contributed by atoms with Crippen molar-refractivity contribution in [3.63, 3.8) is 0 Å². The highest BCUT2D eigenvalue weighted by Crippen LogP contribution is 2.46. The molecule has 164 valence electrons. The van der Waals surface area contributed by atoms with E-state index in [1.807, 2.05) is 18.2 Å². The Hall–Kier alpha value is -1.81. The third-order valence-corrected chi connectivity index (χ3v) is 4.92. The molecular weight excluding hydrogens is 506 g/mol. The summed E-state index contributed by atoms with van der Waals surface area (Å²) >= 11 is 0. The maximum atomic E-state index is 12.1. The summed E-state index contributed by atoms with van der Waals surface area (Å²) in [5.41, 5.74) is 3.11. The van der Waals surface area contributed by atoms with E-state index < -0.39 is 12.8 Å². The Morgan fingerprint density at radius 3 is 2.33 bits per heavy atom. The van der Waals surface area contributed by atoms with Crippen molar-refractivity contribution < 1.29 is 17.9 Å². The lowest BCUT2D eigenvalue weighted by molar-refractivity contribution is -0.176. The number of hydrogen-bond acceptors (Lipinski definition) is 2. The molecule has 2 aromatic rings. The fourth-order valence-electron chi connectivity index (χ4n) is 3.25. The molecule has 3 rings (SSSR count). The Kier molecular flexibility index (Phi) is 9.41. The Morgan fingerprint density at radius 2 is 1.70 bits per heavy atom. The van der Waals surface area contributed by atoms with Gasteiger partial charge >= 0.3 is 6.18 Å². The molecule has 0 radical (unpaired) electrons. The standard InChI is InChI=1S/C22H26F3N3O.HI/c1-26-21(28-13-19-11-20(19)18-5-3-2-4-6-18)27-12-16-7-9-17(10-8-16)14-29-15-22(23,24)25;/h2-10,19-20H,11-15H2,1H3,(H2,26,27,28);1H. The van der Waals surface area contributed by atoms with E-state index in [-0.39, 0.29) is 30.6 Å². The molecule has 0 spiro atoms. The van der Waals surface area contributed by atoms with Gasteiger partial charge in [-0.1, -0.05) is 54.6 Å². The average Bonchev–Trinajstić information content (AvgIpc) is 3.49. The third-order valence-electron chi connectivity index (χ3n) is 4.92. The van der Waals surface area contributed by atoms with Crippen molar-refractivity contribution >= 4 is 29.9 Å². The van der Waals surface area contributed by atoms with Gasteiger partial charge in [0, 0.05) is 20.1 Å². The van der Waals surface area contributed by atoms with E-state index in [2.05, 4.69) is 44.6 Å². The van der Waals surface area contributed by atoms with Crippen LogP contribution >= 0.6 is 24.0 Å². The van der Waals surface area contributed by atoms with Gasteiger partial charge in [-0.2, -0.15) is 13.2 Å². The maximum absolute atomic E-state index is 12.1. The first-order chi connectivity index (χ1) is 13.9. The summed E-state index contributed by atoms with van der Waals surface area (Å²) in [5.74, 6) is 1.97. The first-order valence-electron chi connectivity index (χ1n) is 9.66. The number of nitrogens with one attached hydrogen (secondary N) is 2. The molecule has 2 atom stereocenters. The van der Waals surface area contributed by atoms with E-state index in [9.17, 15) is 13.2 Å². The monoisotopic (exact) mass is 533 g/mol. The summed E-state index contributed by atoms with van der Waals surface area (Å²) in [7, 11) is 1.73. The molecule has 2 unspecified atom stereocenters. The lowest BCUT2D eigenvalue weighted by Gasteiger charge is -2.12. The van der Waals surface area contributed by atoms with Crippen molar-refractivity contribution in [1.82, 2.24) is 10.6 Å². The van der Waals surface area contributed by atoms with Crippen molar-refractivity contribution in [2.75, 3.05) is 20.2 Å². The minimum absolute atomic E-state index is 0. The topological polar surface area (TPSA) is 45.7 Å². The molecule has 0 amide bonds. The molecule has 0 aromatic heterocycles. The van der Waals surface area contributed by atoms with Gasteiger partial charge in [-0.25, -0.2) is 0 Å². The highest BCUT2D eigenvalue weighted by atomic mass is 127. The average molecular weight is 533 g/mol.